The van der Waals surface area contributed by atoms with Gasteiger partial charge in [0.05, 0.1) is 12.2 Å². The fourth-order valence-electron chi connectivity index (χ4n) is 5.77. The minimum atomic E-state index is -1.21. The standard InChI is InChI=1S/C24H36N10O3/c1-2-34-31-23(30-32-34)20-18(36)17(35)19(37-20)22-26-16-15(14-8-4-5-9-14)27-24(29-21(16)28-22)25-10-13-33-11-6-3-7-12-33/h14,17-20,35-36H,2-13H2,1H3,(H2,25,26,27,28,29)/t17-,18+,19+,20+/m1/s1. The van der Waals surface area contributed by atoms with Gasteiger partial charge in [-0.25, -0.2) is 9.97 Å². The van der Waals surface area contributed by atoms with Gasteiger partial charge in [-0.1, -0.05) is 19.3 Å². The molecule has 200 valence electrons. The molecule has 5 heterocycles. The third-order valence-electron chi connectivity index (χ3n) is 7.84. The quantitative estimate of drug-likeness (QED) is 0.345. The van der Waals surface area contributed by atoms with Crippen LogP contribution in [0.1, 0.15) is 87.3 Å². The summed E-state index contributed by atoms with van der Waals surface area (Å²) in [5.41, 5.74) is 2.27. The maximum Gasteiger partial charge on any atom is 0.225 e. The average molecular weight is 513 g/mol. The van der Waals surface area contributed by atoms with Gasteiger partial charge in [0.15, 0.2) is 11.8 Å². The van der Waals surface area contributed by atoms with Crippen molar-refractivity contribution in [2.45, 2.75) is 88.7 Å². The van der Waals surface area contributed by atoms with Gasteiger partial charge in [0, 0.05) is 19.0 Å². The zero-order valence-corrected chi connectivity index (χ0v) is 21.3. The lowest BCUT2D eigenvalue weighted by molar-refractivity contribution is -0.00237. The number of aromatic nitrogens is 8. The van der Waals surface area contributed by atoms with Gasteiger partial charge in [-0.2, -0.15) is 9.78 Å². The number of rotatable bonds is 8. The molecule has 0 radical (unpaired) electrons. The Morgan fingerprint density at radius 2 is 1.78 bits per heavy atom. The number of tetrazole rings is 1. The molecule has 1 aliphatic carbocycles. The summed E-state index contributed by atoms with van der Waals surface area (Å²) < 4.78 is 6.03. The molecule has 2 aliphatic heterocycles. The first-order valence-corrected chi connectivity index (χ1v) is 13.6. The van der Waals surface area contributed by atoms with Crippen LogP contribution in [0.25, 0.3) is 11.2 Å². The predicted octanol–water partition coefficient (Wildman–Crippen LogP) is 1.45. The number of aromatic amines is 1. The Morgan fingerprint density at radius 3 is 2.54 bits per heavy atom. The first kappa shape index (κ1) is 24.6. The van der Waals surface area contributed by atoms with Crippen LogP contribution in [0.3, 0.4) is 0 Å². The molecule has 4 atom stereocenters. The fourth-order valence-corrected chi connectivity index (χ4v) is 5.77. The van der Waals surface area contributed by atoms with E-state index in [2.05, 4.69) is 30.6 Å². The Kier molecular flexibility index (Phi) is 7.02. The van der Waals surface area contributed by atoms with Crippen LogP contribution in [0, 0.1) is 0 Å². The van der Waals surface area contributed by atoms with E-state index in [9.17, 15) is 10.2 Å². The SMILES string of the molecule is CCn1nnc([C@H]2O[C@H](c3nc4nc(NCCN5CCCCC5)nc(C5CCCC5)c4[nH]3)[C@H](O)[C@@H]2O)n1. The topological polar surface area (TPSA) is 163 Å². The summed E-state index contributed by atoms with van der Waals surface area (Å²) in [4.78, 5) is 21.5. The lowest BCUT2D eigenvalue weighted by atomic mass is 10.0. The van der Waals surface area contributed by atoms with Crippen molar-refractivity contribution in [3.05, 3.63) is 17.3 Å². The van der Waals surface area contributed by atoms with E-state index in [-0.39, 0.29) is 5.82 Å². The molecular formula is C24H36N10O3. The molecule has 0 aromatic carbocycles. The van der Waals surface area contributed by atoms with Crippen LogP contribution in [0.2, 0.25) is 0 Å². The summed E-state index contributed by atoms with van der Waals surface area (Å²) in [6, 6.07) is 0. The van der Waals surface area contributed by atoms with Crippen LogP contribution in [-0.4, -0.2) is 93.6 Å². The molecule has 37 heavy (non-hydrogen) atoms. The molecule has 0 unspecified atom stereocenters. The number of H-pyrrole nitrogens is 1. The number of nitrogens with one attached hydrogen (secondary N) is 2. The minimum absolute atomic E-state index is 0.235. The van der Waals surface area contributed by atoms with Gasteiger partial charge in [0.2, 0.25) is 11.8 Å². The van der Waals surface area contributed by atoms with Crippen molar-refractivity contribution in [1.82, 2.24) is 45.0 Å². The molecule has 4 N–H and O–H groups in total. The maximum atomic E-state index is 10.8. The Balaban J connectivity index is 1.25. The zero-order valence-electron chi connectivity index (χ0n) is 21.3. The first-order chi connectivity index (χ1) is 18.1. The van der Waals surface area contributed by atoms with Crippen LogP contribution < -0.4 is 5.32 Å². The summed E-state index contributed by atoms with van der Waals surface area (Å²) in [7, 11) is 0. The van der Waals surface area contributed by atoms with Crippen molar-refractivity contribution in [3.63, 3.8) is 0 Å². The second-order valence-electron chi connectivity index (χ2n) is 10.4. The number of anilines is 1. The number of likely N-dealkylation sites (tertiary alicyclic amines) is 1. The third kappa shape index (κ3) is 4.92. The fraction of sp³-hybridized carbons (Fsp3) is 0.750. The number of aryl methyl sites for hydroxylation is 1. The second-order valence-corrected chi connectivity index (χ2v) is 10.4. The highest BCUT2D eigenvalue weighted by Crippen LogP contribution is 2.41. The molecule has 3 aromatic rings. The summed E-state index contributed by atoms with van der Waals surface area (Å²) in [6.07, 6.45) is 4.18. The van der Waals surface area contributed by atoms with E-state index in [0.717, 1.165) is 50.2 Å². The maximum absolute atomic E-state index is 10.8. The molecule has 0 amide bonds. The summed E-state index contributed by atoms with van der Waals surface area (Å²) >= 11 is 0. The highest BCUT2D eigenvalue weighted by Gasteiger charge is 2.47. The van der Waals surface area contributed by atoms with E-state index in [1.165, 1.54) is 36.9 Å². The highest BCUT2D eigenvalue weighted by molar-refractivity contribution is 5.75. The van der Waals surface area contributed by atoms with Gasteiger partial charge in [-0.3, -0.25) is 0 Å². The van der Waals surface area contributed by atoms with Crippen LogP contribution in [0.5, 0.6) is 0 Å². The van der Waals surface area contributed by atoms with Gasteiger partial charge < -0.3 is 30.2 Å². The number of piperidine rings is 1. The Bertz CT molecular complexity index is 1200. The monoisotopic (exact) mass is 512 g/mol. The number of aliphatic hydroxyl groups is 2. The van der Waals surface area contributed by atoms with Gasteiger partial charge in [0.25, 0.3) is 0 Å². The van der Waals surface area contributed by atoms with E-state index in [4.69, 9.17) is 19.7 Å². The van der Waals surface area contributed by atoms with E-state index in [1.54, 1.807) is 0 Å². The van der Waals surface area contributed by atoms with Crippen LogP contribution in [0.15, 0.2) is 0 Å². The smallest absolute Gasteiger partial charge is 0.225 e. The van der Waals surface area contributed by atoms with Crippen molar-refractivity contribution in [3.8, 4) is 0 Å². The van der Waals surface area contributed by atoms with Crippen molar-refractivity contribution < 1.29 is 14.9 Å². The van der Waals surface area contributed by atoms with E-state index < -0.39 is 24.4 Å². The molecular weight excluding hydrogens is 476 g/mol. The Morgan fingerprint density at radius 1 is 1.00 bits per heavy atom. The predicted molar refractivity (Wildman–Crippen MR) is 134 cm³/mol. The van der Waals surface area contributed by atoms with Crippen molar-refractivity contribution in [1.29, 1.82) is 0 Å². The molecule has 3 aromatic heterocycles. The lowest BCUT2D eigenvalue weighted by Crippen LogP contribution is -2.33. The highest BCUT2D eigenvalue weighted by atomic mass is 16.5. The summed E-state index contributed by atoms with van der Waals surface area (Å²) in [6.45, 7) is 6.48. The number of imidazole rings is 1. The largest absolute Gasteiger partial charge is 0.387 e. The van der Waals surface area contributed by atoms with E-state index in [0.29, 0.717) is 29.9 Å². The second kappa shape index (κ2) is 10.6. The summed E-state index contributed by atoms with van der Waals surface area (Å²) in [5.74, 6) is 1.56. The zero-order chi connectivity index (χ0) is 25.4. The Labute approximate surface area is 215 Å². The molecule has 3 fully saturated rings. The van der Waals surface area contributed by atoms with E-state index in [1.807, 2.05) is 6.92 Å². The number of nitrogens with zero attached hydrogens (tertiary/aromatic N) is 8. The third-order valence-corrected chi connectivity index (χ3v) is 7.84. The van der Waals surface area contributed by atoms with Gasteiger partial charge >= 0.3 is 0 Å². The molecule has 13 heteroatoms. The molecule has 0 bridgehead atoms. The van der Waals surface area contributed by atoms with Crippen LogP contribution in [-0.2, 0) is 11.3 Å². The summed E-state index contributed by atoms with van der Waals surface area (Å²) in [5, 5.41) is 37.1. The van der Waals surface area contributed by atoms with Gasteiger partial charge in [-0.15, -0.1) is 10.2 Å². The lowest BCUT2D eigenvalue weighted by Gasteiger charge is -2.26. The van der Waals surface area contributed by atoms with E-state index >= 15 is 0 Å². The van der Waals surface area contributed by atoms with Crippen molar-refractivity contribution in [2.24, 2.45) is 0 Å². The normalized spacial score (nSPS) is 27.4. The number of fused-ring (bicyclic) bond motifs is 1. The van der Waals surface area contributed by atoms with Crippen LogP contribution in [0.4, 0.5) is 5.95 Å². The number of ether oxygens (including phenoxy) is 1. The Hall–Kier alpha value is -2.74. The van der Waals surface area contributed by atoms with Gasteiger partial charge in [-0.05, 0) is 50.9 Å². The molecule has 0 spiro atoms. The van der Waals surface area contributed by atoms with Crippen molar-refractivity contribution in [2.75, 3.05) is 31.5 Å². The molecule has 1 saturated carbocycles. The molecule has 3 aliphatic rings. The molecule has 6 rings (SSSR count). The van der Waals surface area contributed by atoms with Gasteiger partial charge in [0.1, 0.15) is 29.7 Å². The molecule has 13 nitrogen and oxygen atoms in total. The first-order valence-electron chi connectivity index (χ1n) is 13.6. The minimum Gasteiger partial charge on any atom is -0.387 e. The number of hydrogen-bond acceptors (Lipinski definition) is 11. The number of hydrogen-bond donors (Lipinski definition) is 4. The van der Waals surface area contributed by atoms with Crippen LogP contribution >= 0.6 is 0 Å². The molecule has 2 saturated heterocycles. The number of aliphatic hydroxyl groups excluding tert-OH is 2. The van der Waals surface area contributed by atoms with Crippen molar-refractivity contribution >= 4 is 17.1 Å². The average Bonchev–Trinajstić information content (AvgIpc) is 3.72.